The van der Waals surface area contributed by atoms with Crippen LogP contribution in [-0.4, -0.2) is 29.6 Å². The quantitative estimate of drug-likeness (QED) is 0.0753. The smallest absolute Gasteiger partial charge is 0.332 e. The standard InChI is InChI=1S/C36H30N3O10P3/c40-26-15-4-8-19-30(26)44-34-23-12-24-35(36(34)45-31-20-9-5-16-27(31)41)48-51-37-50-38(47-32-21-10-6-17-28(32)42)52(49-33-22-11-7-18-29(33)43)39(51)46-25-13-2-1-3-14-25/h1-24,37,40-43,50H. The molecule has 3 unspecified atom stereocenters. The SMILES string of the molecule is Oc1ccccc1Oc1cccc(OP2NPN(Oc3ccccc3O)P(Oc3ccccc3O)N2Oc2ccccc2)c1Oc1ccccc1O. The Labute approximate surface area is 302 Å². The largest absolute Gasteiger partial charge is 0.504 e. The van der Waals surface area contributed by atoms with Crippen LogP contribution in [0.15, 0.2) is 146 Å². The normalized spacial score (nSPS) is 16.5. The highest BCUT2D eigenvalue weighted by molar-refractivity contribution is 7.74. The molecule has 3 atom stereocenters. The Bertz CT molecular complexity index is 2130. The van der Waals surface area contributed by atoms with Crippen LogP contribution in [0.2, 0.25) is 0 Å². The first-order chi connectivity index (χ1) is 25.4. The number of hydrogen-bond donors (Lipinski definition) is 5. The molecule has 1 aliphatic rings. The van der Waals surface area contributed by atoms with Crippen LogP contribution in [0.25, 0.3) is 0 Å². The van der Waals surface area contributed by atoms with Crippen molar-refractivity contribution in [2.45, 2.75) is 0 Å². The molecule has 264 valence electrons. The maximum Gasteiger partial charge on any atom is 0.332 e. The van der Waals surface area contributed by atoms with Gasteiger partial charge in [-0.05, 0) is 77.4 Å². The van der Waals surface area contributed by atoms with E-state index in [1.54, 1.807) is 115 Å². The highest BCUT2D eigenvalue weighted by Crippen LogP contribution is 2.67. The fourth-order valence-electron chi connectivity index (χ4n) is 4.55. The third-order valence-corrected chi connectivity index (χ3v) is 12.1. The van der Waals surface area contributed by atoms with E-state index < -0.39 is 16.9 Å². The van der Waals surface area contributed by atoms with Crippen LogP contribution in [0.3, 0.4) is 0 Å². The number of hydrogen-bond acceptors (Lipinski definition) is 13. The van der Waals surface area contributed by atoms with E-state index in [4.69, 9.17) is 28.2 Å². The minimum atomic E-state index is -2.14. The first-order valence-corrected chi connectivity index (χ1v) is 18.8. The summed E-state index contributed by atoms with van der Waals surface area (Å²) >= 11 is 0. The lowest BCUT2D eigenvalue weighted by atomic mass is 10.2. The van der Waals surface area contributed by atoms with E-state index in [9.17, 15) is 20.4 Å². The molecule has 0 amide bonds. The number of aromatic hydroxyl groups is 4. The van der Waals surface area contributed by atoms with Crippen molar-refractivity contribution in [3.05, 3.63) is 146 Å². The molecular weight excluding hydrogens is 727 g/mol. The monoisotopic (exact) mass is 757 g/mol. The molecule has 0 aromatic heterocycles. The minimum Gasteiger partial charge on any atom is -0.504 e. The first kappa shape index (κ1) is 34.9. The lowest BCUT2D eigenvalue weighted by Gasteiger charge is -2.41. The minimum absolute atomic E-state index is 0.0818. The van der Waals surface area contributed by atoms with E-state index in [-0.39, 0.29) is 72.1 Å². The summed E-state index contributed by atoms with van der Waals surface area (Å²) in [5.74, 6) is 1.00. The number of benzene rings is 6. The van der Waals surface area contributed by atoms with Gasteiger partial charge >= 0.3 is 8.45 Å². The van der Waals surface area contributed by atoms with Gasteiger partial charge in [0.15, 0.2) is 57.5 Å². The fraction of sp³-hybridized carbons (Fsp3) is 0. The number of para-hydroxylation sites is 10. The van der Waals surface area contributed by atoms with Crippen molar-refractivity contribution in [1.29, 1.82) is 0 Å². The molecule has 13 nitrogen and oxygen atoms in total. The number of phenols is 4. The summed E-state index contributed by atoms with van der Waals surface area (Å²) < 4.78 is 28.4. The number of phenolic OH excluding ortho intramolecular Hbond substituents is 4. The molecule has 5 N–H and O–H groups in total. The van der Waals surface area contributed by atoms with Crippen molar-refractivity contribution < 1.29 is 48.6 Å². The maximum absolute atomic E-state index is 10.7. The summed E-state index contributed by atoms with van der Waals surface area (Å²) in [7, 11) is -4.47. The molecule has 0 spiro atoms. The fourth-order valence-corrected chi connectivity index (χ4v) is 10.1. The molecular formula is C36H30N3O10P3. The van der Waals surface area contributed by atoms with Gasteiger partial charge in [-0.1, -0.05) is 72.8 Å². The van der Waals surface area contributed by atoms with Crippen LogP contribution in [0.5, 0.6) is 69.0 Å². The molecule has 0 radical (unpaired) electrons. The highest BCUT2D eigenvalue weighted by atomic mass is 31.3. The molecule has 0 bridgehead atoms. The Hall–Kier alpha value is -5.51. The molecule has 16 heteroatoms. The van der Waals surface area contributed by atoms with E-state index in [2.05, 4.69) is 4.86 Å². The van der Waals surface area contributed by atoms with Crippen molar-refractivity contribution in [3.8, 4) is 69.0 Å². The van der Waals surface area contributed by atoms with Crippen LogP contribution in [-0.2, 0) is 0 Å². The van der Waals surface area contributed by atoms with Crippen molar-refractivity contribution >= 4 is 25.8 Å². The summed E-state index contributed by atoms with van der Waals surface area (Å²) in [6.45, 7) is 0. The predicted octanol–water partition coefficient (Wildman–Crippen LogP) is 9.71. The van der Waals surface area contributed by atoms with Gasteiger partial charge in [-0.3, -0.25) is 0 Å². The predicted molar refractivity (Wildman–Crippen MR) is 197 cm³/mol. The zero-order valence-corrected chi connectivity index (χ0v) is 29.7. The Morgan fingerprint density at radius 2 is 0.962 bits per heavy atom. The molecule has 7 rings (SSSR count). The van der Waals surface area contributed by atoms with Crippen molar-refractivity contribution in [2.24, 2.45) is 0 Å². The van der Waals surface area contributed by atoms with Gasteiger partial charge < -0.3 is 48.6 Å². The Kier molecular flexibility index (Phi) is 10.9. The van der Waals surface area contributed by atoms with Gasteiger partial charge in [-0.25, -0.2) is 4.86 Å². The van der Waals surface area contributed by atoms with Crippen LogP contribution in [0, 0.1) is 0 Å². The van der Waals surface area contributed by atoms with Crippen LogP contribution in [0.4, 0.5) is 0 Å². The van der Waals surface area contributed by atoms with Crippen molar-refractivity contribution in [2.75, 3.05) is 0 Å². The molecule has 1 heterocycles. The summed E-state index contributed by atoms with van der Waals surface area (Å²) in [6.07, 6.45) is 0. The van der Waals surface area contributed by atoms with E-state index >= 15 is 0 Å². The number of nitrogens with zero attached hydrogens (tertiary/aromatic N) is 2. The highest BCUT2D eigenvalue weighted by Gasteiger charge is 2.47. The summed E-state index contributed by atoms with van der Waals surface area (Å²) in [6, 6.07) is 39.8. The van der Waals surface area contributed by atoms with Gasteiger partial charge in [0.2, 0.25) is 5.75 Å². The third-order valence-electron chi connectivity index (χ3n) is 7.01. The van der Waals surface area contributed by atoms with Gasteiger partial charge in [0.05, 0.1) is 8.88 Å². The summed E-state index contributed by atoms with van der Waals surface area (Å²) in [5.41, 5.74) is 0. The average Bonchev–Trinajstić information content (AvgIpc) is 3.15. The van der Waals surface area contributed by atoms with Gasteiger partial charge in [0, 0.05) is 4.60 Å². The molecule has 1 saturated heterocycles. The van der Waals surface area contributed by atoms with Gasteiger partial charge in [-0.15, -0.1) is 0 Å². The zero-order chi connectivity index (χ0) is 35.9. The Balaban J connectivity index is 1.29. The molecule has 6 aromatic carbocycles. The summed E-state index contributed by atoms with van der Waals surface area (Å²) in [5, 5.41) is 42.4. The van der Waals surface area contributed by atoms with E-state index in [1.807, 2.05) is 6.07 Å². The van der Waals surface area contributed by atoms with Crippen molar-refractivity contribution in [1.82, 2.24) is 14.1 Å². The lowest BCUT2D eigenvalue weighted by Crippen LogP contribution is -2.37. The van der Waals surface area contributed by atoms with E-state index in [0.29, 0.717) is 5.75 Å². The molecule has 6 aromatic rings. The molecule has 0 saturated carbocycles. The van der Waals surface area contributed by atoms with E-state index in [1.165, 1.54) is 33.5 Å². The topological polar surface area (TPSA) is 155 Å². The molecule has 52 heavy (non-hydrogen) atoms. The average molecular weight is 758 g/mol. The molecule has 1 aliphatic heterocycles. The van der Waals surface area contributed by atoms with Crippen LogP contribution in [0.1, 0.15) is 0 Å². The number of rotatable bonds is 12. The number of ether oxygens (including phenoxy) is 2. The second-order valence-electron chi connectivity index (χ2n) is 10.6. The van der Waals surface area contributed by atoms with Crippen LogP contribution >= 0.6 is 25.8 Å². The summed E-state index contributed by atoms with van der Waals surface area (Å²) in [4.78, 5) is 16.0. The maximum atomic E-state index is 10.7. The second kappa shape index (κ2) is 16.2. The number of nitrogens with one attached hydrogen (secondary N) is 1. The molecule has 0 aliphatic carbocycles. The zero-order valence-electron chi connectivity index (χ0n) is 26.9. The van der Waals surface area contributed by atoms with Gasteiger partial charge in [0.1, 0.15) is 5.75 Å². The van der Waals surface area contributed by atoms with Crippen molar-refractivity contribution in [3.63, 3.8) is 0 Å². The molecule has 1 fully saturated rings. The van der Waals surface area contributed by atoms with Crippen LogP contribution < -0.4 is 33.1 Å². The van der Waals surface area contributed by atoms with Gasteiger partial charge in [-0.2, -0.15) is 0 Å². The Morgan fingerprint density at radius 3 is 1.58 bits per heavy atom. The second-order valence-corrected chi connectivity index (χ2v) is 15.3. The third kappa shape index (κ3) is 8.17. The Morgan fingerprint density at radius 1 is 0.462 bits per heavy atom. The van der Waals surface area contributed by atoms with E-state index in [0.717, 1.165) is 0 Å². The lowest BCUT2D eigenvalue weighted by molar-refractivity contribution is 0.0656. The van der Waals surface area contributed by atoms with Gasteiger partial charge in [0.25, 0.3) is 8.45 Å². The first-order valence-electron chi connectivity index (χ1n) is 15.5.